The van der Waals surface area contributed by atoms with Gasteiger partial charge in [0.05, 0.1) is 17.3 Å². The van der Waals surface area contributed by atoms with Crippen molar-refractivity contribution in [1.29, 1.82) is 0 Å². The maximum Gasteiger partial charge on any atom is 0.256 e. The summed E-state index contributed by atoms with van der Waals surface area (Å²) < 4.78 is 0. The first-order valence-corrected chi connectivity index (χ1v) is 8.56. The zero-order chi connectivity index (χ0) is 17.3. The first-order chi connectivity index (χ1) is 11.5. The van der Waals surface area contributed by atoms with Crippen LogP contribution in [0.4, 0.5) is 5.69 Å². The molecule has 0 spiro atoms. The summed E-state index contributed by atoms with van der Waals surface area (Å²) in [5, 5.41) is 4.00. The maximum atomic E-state index is 13.0. The molecule has 2 aromatic rings. The Morgan fingerprint density at radius 3 is 2.50 bits per heavy atom. The second-order valence-electron chi connectivity index (χ2n) is 6.09. The first kappa shape index (κ1) is 16.6. The topological polar surface area (TPSA) is 32.3 Å². The highest BCUT2D eigenvalue weighted by atomic mass is 35.5. The number of amides is 1. The summed E-state index contributed by atoms with van der Waals surface area (Å²) in [5.41, 5.74) is 4.37. The third-order valence-electron chi connectivity index (χ3n) is 4.42. The monoisotopic (exact) mass is 340 g/mol. The third kappa shape index (κ3) is 3.04. The van der Waals surface area contributed by atoms with Gasteiger partial charge in [0, 0.05) is 17.3 Å². The van der Waals surface area contributed by atoms with Crippen molar-refractivity contribution in [3.05, 3.63) is 65.3 Å². The molecule has 24 heavy (non-hydrogen) atoms. The molecule has 1 heterocycles. The smallest absolute Gasteiger partial charge is 0.256 e. The molecule has 0 saturated carbocycles. The molecule has 1 aliphatic heterocycles. The van der Waals surface area contributed by atoms with E-state index in [1.807, 2.05) is 54.3 Å². The summed E-state index contributed by atoms with van der Waals surface area (Å²) in [7, 11) is 0. The molecule has 3 rings (SSSR count). The fourth-order valence-electron chi connectivity index (χ4n) is 2.98. The van der Waals surface area contributed by atoms with Gasteiger partial charge in [0.15, 0.2) is 0 Å². The van der Waals surface area contributed by atoms with Crippen molar-refractivity contribution in [1.82, 2.24) is 4.90 Å². The number of hydrogen-bond donors (Lipinski definition) is 1. The number of rotatable bonds is 3. The zero-order valence-electron chi connectivity index (χ0n) is 14.0. The zero-order valence-corrected chi connectivity index (χ0v) is 14.7. The van der Waals surface area contributed by atoms with Gasteiger partial charge >= 0.3 is 0 Å². The molecule has 2 aromatic carbocycles. The molecule has 0 aromatic heterocycles. The molecule has 0 saturated heterocycles. The average molecular weight is 341 g/mol. The molecule has 1 N–H and O–H groups in total. The van der Waals surface area contributed by atoms with Crippen LogP contribution >= 0.6 is 11.6 Å². The highest BCUT2D eigenvalue weighted by molar-refractivity contribution is 6.30. The van der Waals surface area contributed by atoms with Crippen molar-refractivity contribution in [2.45, 2.75) is 26.3 Å². The van der Waals surface area contributed by atoms with Gasteiger partial charge in [-0.1, -0.05) is 43.3 Å². The molecule has 1 aliphatic rings. The number of carbonyl (C=O) groups excluding carboxylic acids is 1. The lowest BCUT2D eigenvalue weighted by Gasteiger charge is -2.27. The summed E-state index contributed by atoms with van der Waals surface area (Å²) in [4.78, 5) is 14.9. The molecule has 0 bridgehead atoms. The SMILES string of the molecule is C=C1Nc2ccc(-c3ccc(Cl)cc3)cc2C(=O)N(CCC)C1C. The van der Waals surface area contributed by atoms with Crippen LogP contribution in [0.15, 0.2) is 54.7 Å². The Morgan fingerprint density at radius 1 is 1.17 bits per heavy atom. The van der Waals surface area contributed by atoms with Crippen LogP contribution in [0.25, 0.3) is 11.1 Å². The lowest BCUT2D eigenvalue weighted by atomic mass is 10.0. The molecular formula is C20H21ClN2O. The number of hydrogen-bond acceptors (Lipinski definition) is 2. The van der Waals surface area contributed by atoms with Crippen LogP contribution in [0.1, 0.15) is 30.6 Å². The number of nitrogens with zero attached hydrogens (tertiary/aromatic N) is 1. The Bertz CT molecular complexity index is 783. The van der Waals surface area contributed by atoms with Gasteiger partial charge in [0.25, 0.3) is 5.91 Å². The number of benzene rings is 2. The minimum absolute atomic E-state index is 0.0381. The molecule has 0 radical (unpaired) electrons. The fourth-order valence-corrected chi connectivity index (χ4v) is 3.11. The van der Waals surface area contributed by atoms with E-state index in [0.29, 0.717) is 17.1 Å². The minimum Gasteiger partial charge on any atom is -0.357 e. The highest BCUT2D eigenvalue weighted by Crippen LogP contribution is 2.31. The molecule has 124 valence electrons. The van der Waals surface area contributed by atoms with Crippen molar-refractivity contribution in [2.24, 2.45) is 0 Å². The molecule has 1 unspecified atom stereocenters. The summed E-state index contributed by atoms with van der Waals surface area (Å²) in [6.07, 6.45) is 0.912. The van der Waals surface area contributed by atoms with E-state index in [4.69, 9.17) is 11.6 Å². The lowest BCUT2D eigenvalue weighted by molar-refractivity contribution is 0.0723. The van der Waals surface area contributed by atoms with Crippen LogP contribution < -0.4 is 5.32 Å². The van der Waals surface area contributed by atoms with Crippen LogP contribution in [0.3, 0.4) is 0 Å². The fraction of sp³-hybridized carbons (Fsp3) is 0.250. The van der Waals surface area contributed by atoms with Gasteiger partial charge in [-0.2, -0.15) is 0 Å². The van der Waals surface area contributed by atoms with E-state index in [-0.39, 0.29) is 11.9 Å². The van der Waals surface area contributed by atoms with Gasteiger partial charge in [-0.25, -0.2) is 0 Å². The third-order valence-corrected chi connectivity index (χ3v) is 4.67. The van der Waals surface area contributed by atoms with Gasteiger partial charge in [0.2, 0.25) is 0 Å². The second-order valence-corrected chi connectivity index (χ2v) is 6.53. The Kier molecular flexibility index (Phi) is 4.63. The number of halogens is 1. The molecular weight excluding hydrogens is 320 g/mol. The van der Waals surface area contributed by atoms with Crippen LogP contribution in [0, 0.1) is 0 Å². The van der Waals surface area contributed by atoms with Crippen LogP contribution in [0.2, 0.25) is 5.02 Å². The Hall–Kier alpha value is -2.26. The Morgan fingerprint density at radius 2 is 1.83 bits per heavy atom. The van der Waals surface area contributed by atoms with Gasteiger partial charge in [-0.3, -0.25) is 4.79 Å². The predicted molar refractivity (Wildman–Crippen MR) is 100 cm³/mol. The van der Waals surface area contributed by atoms with E-state index in [1.54, 1.807) is 0 Å². The molecule has 3 nitrogen and oxygen atoms in total. The lowest BCUT2D eigenvalue weighted by Crippen LogP contribution is -2.39. The predicted octanol–water partition coefficient (Wildman–Crippen LogP) is 5.19. The summed E-state index contributed by atoms with van der Waals surface area (Å²) in [6.45, 7) is 8.89. The second kappa shape index (κ2) is 6.70. The van der Waals surface area contributed by atoms with Crippen LogP contribution in [-0.4, -0.2) is 23.4 Å². The largest absolute Gasteiger partial charge is 0.357 e. The van der Waals surface area contributed by atoms with Gasteiger partial charge < -0.3 is 10.2 Å². The van der Waals surface area contributed by atoms with E-state index in [9.17, 15) is 4.79 Å². The van der Waals surface area contributed by atoms with E-state index in [2.05, 4.69) is 18.8 Å². The van der Waals surface area contributed by atoms with Crippen LogP contribution in [-0.2, 0) is 0 Å². The number of carbonyl (C=O) groups is 1. The van der Waals surface area contributed by atoms with Crippen molar-refractivity contribution < 1.29 is 4.79 Å². The Balaban J connectivity index is 2.06. The highest BCUT2D eigenvalue weighted by Gasteiger charge is 2.29. The van der Waals surface area contributed by atoms with Crippen molar-refractivity contribution in [3.8, 4) is 11.1 Å². The molecule has 1 amide bonds. The number of fused-ring (bicyclic) bond motifs is 1. The normalized spacial score (nSPS) is 17.3. The van der Waals surface area contributed by atoms with Crippen molar-refractivity contribution in [3.63, 3.8) is 0 Å². The number of anilines is 1. The molecule has 1 atom stereocenters. The summed E-state index contributed by atoms with van der Waals surface area (Å²) in [5.74, 6) is 0.0429. The van der Waals surface area contributed by atoms with Crippen LogP contribution in [0.5, 0.6) is 0 Å². The van der Waals surface area contributed by atoms with Crippen molar-refractivity contribution >= 4 is 23.2 Å². The number of nitrogens with one attached hydrogen (secondary N) is 1. The first-order valence-electron chi connectivity index (χ1n) is 8.18. The standard InChI is InChI=1S/C20H21ClN2O/c1-4-11-23-14(3)13(2)22-19-10-7-16(12-18(19)20(23)24)15-5-8-17(21)9-6-15/h5-10,12,14,22H,2,4,11H2,1,3H3. The summed E-state index contributed by atoms with van der Waals surface area (Å²) >= 11 is 5.96. The summed E-state index contributed by atoms with van der Waals surface area (Å²) in [6, 6.07) is 13.5. The van der Waals surface area contributed by atoms with Gasteiger partial charge in [0.1, 0.15) is 0 Å². The van der Waals surface area contributed by atoms with E-state index >= 15 is 0 Å². The van der Waals surface area contributed by atoms with Gasteiger partial charge in [-0.15, -0.1) is 0 Å². The van der Waals surface area contributed by atoms with E-state index in [0.717, 1.165) is 28.9 Å². The van der Waals surface area contributed by atoms with E-state index in [1.165, 1.54) is 0 Å². The van der Waals surface area contributed by atoms with E-state index < -0.39 is 0 Å². The Labute approximate surface area is 147 Å². The quantitative estimate of drug-likeness (QED) is 0.834. The minimum atomic E-state index is -0.0381. The van der Waals surface area contributed by atoms with Crippen molar-refractivity contribution in [2.75, 3.05) is 11.9 Å². The molecule has 0 fully saturated rings. The molecule has 4 heteroatoms. The average Bonchev–Trinajstić information content (AvgIpc) is 2.67. The maximum absolute atomic E-state index is 13.0. The molecule has 0 aliphatic carbocycles. The van der Waals surface area contributed by atoms with Gasteiger partial charge in [-0.05, 0) is 48.7 Å².